The number of anilines is 2. The van der Waals surface area contributed by atoms with E-state index in [2.05, 4.69) is 19.9 Å². The zero-order valence-corrected chi connectivity index (χ0v) is 8.25. The Bertz CT molecular complexity index is 465. The van der Waals surface area contributed by atoms with Gasteiger partial charge in [0.05, 0.1) is 11.4 Å². The highest BCUT2D eigenvalue weighted by Gasteiger charge is 2.23. The lowest BCUT2D eigenvalue weighted by atomic mass is 10.1. The zero-order valence-electron chi connectivity index (χ0n) is 8.25. The SMILES string of the molecule is CN1c2nccnc2Cc2nccnc21. The van der Waals surface area contributed by atoms with Crippen LogP contribution in [0.2, 0.25) is 0 Å². The number of hydrogen-bond acceptors (Lipinski definition) is 5. The van der Waals surface area contributed by atoms with Crippen LogP contribution in [0.4, 0.5) is 11.6 Å². The van der Waals surface area contributed by atoms with Gasteiger partial charge in [0, 0.05) is 38.3 Å². The van der Waals surface area contributed by atoms with E-state index in [9.17, 15) is 0 Å². The van der Waals surface area contributed by atoms with Gasteiger partial charge in [-0.05, 0) is 0 Å². The second kappa shape index (κ2) is 2.98. The number of rotatable bonds is 0. The maximum atomic E-state index is 4.30. The fourth-order valence-electron chi connectivity index (χ4n) is 1.79. The molecular formula is C10H9N5. The Morgan fingerprint density at radius 3 is 1.87 bits per heavy atom. The van der Waals surface area contributed by atoms with Crippen LogP contribution in [0, 0.1) is 0 Å². The first-order valence-electron chi connectivity index (χ1n) is 4.70. The summed E-state index contributed by atoms with van der Waals surface area (Å²) < 4.78 is 0. The summed E-state index contributed by atoms with van der Waals surface area (Å²) in [5.41, 5.74) is 1.90. The van der Waals surface area contributed by atoms with E-state index in [0.29, 0.717) is 6.42 Å². The van der Waals surface area contributed by atoms with Crippen LogP contribution in [0.3, 0.4) is 0 Å². The summed E-state index contributed by atoms with van der Waals surface area (Å²) in [5, 5.41) is 0. The summed E-state index contributed by atoms with van der Waals surface area (Å²) in [5.74, 6) is 1.73. The van der Waals surface area contributed by atoms with Crippen molar-refractivity contribution in [1.29, 1.82) is 0 Å². The van der Waals surface area contributed by atoms with Crippen molar-refractivity contribution in [3.63, 3.8) is 0 Å². The van der Waals surface area contributed by atoms with Gasteiger partial charge in [0.25, 0.3) is 0 Å². The van der Waals surface area contributed by atoms with E-state index in [4.69, 9.17) is 0 Å². The molecule has 0 unspecified atom stereocenters. The van der Waals surface area contributed by atoms with Crippen molar-refractivity contribution in [1.82, 2.24) is 19.9 Å². The molecule has 0 aromatic carbocycles. The fourth-order valence-corrected chi connectivity index (χ4v) is 1.79. The largest absolute Gasteiger partial charge is 0.311 e. The first kappa shape index (κ1) is 8.28. The normalized spacial score (nSPS) is 13.3. The molecule has 0 N–H and O–H groups in total. The number of nitrogens with zero attached hydrogens (tertiary/aromatic N) is 5. The molecule has 0 saturated heterocycles. The molecule has 3 heterocycles. The van der Waals surface area contributed by atoms with Crippen LogP contribution in [-0.4, -0.2) is 27.0 Å². The molecule has 2 aromatic heterocycles. The van der Waals surface area contributed by atoms with E-state index in [1.54, 1.807) is 24.8 Å². The molecule has 0 amide bonds. The third-order valence-electron chi connectivity index (χ3n) is 2.47. The summed E-state index contributed by atoms with van der Waals surface area (Å²) in [4.78, 5) is 19.1. The highest BCUT2D eigenvalue weighted by atomic mass is 15.2. The zero-order chi connectivity index (χ0) is 10.3. The van der Waals surface area contributed by atoms with Gasteiger partial charge >= 0.3 is 0 Å². The fraction of sp³-hybridized carbons (Fsp3) is 0.200. The van der Waals surface area contributed by atoms with Crippen LogP contribution < -0.4 is 4.90 Å². The van der Waals surface area contributed by atoms with Crippen molar-refractivity contribution in [2.24, 2.45) is 0 Å². The highest BCUT2D eigenvalue weighted by Crippen LogP contribution is 2.31. The Balaban J connectivity index is 2.20. The van der Waals surface area contributed by atoms with Crippen molar-refractivity contribution in [2.45, 2.75) is 6.42 Å². The Kier molecular flexibility index (Phi) is 1.65. The number of hydrogen-bond donors (Lipinski definition) is 0. The Labute approximate surface area is 86.9 Å². The van der Waals surface area contributed by atoms with Gasteiger partial charge in [-0.2, -0.15) is 0 Å². The minimum atomic E-state index is 0.705. The average molecular weight is 199 g/mol. The average Bonchev–Trinajstić information content (AvgIpc) is 2.30. The van der Waals surface area contributed by atoms with Crippen LogP contribution in [0.25, 0.3) is 0 Å². The molecule has 0 radical (unpaired) electrons. The smallest absolute Gasteiger partial charge is 0.156 e. The Morgan fingerprint density at radius 1 is 0.867 bits per heavy atom. The minimum Gasteiger partial charge on any atom is -0.311 e. The molecule has 15 heavy (non-hydrogen) atoms. The van der Waals surface area contributed by atoms with E-state index in [-0.39, 0.29) is 0 Å². The van der Waals surface area contributed by atoms with Crippen molar-refractivity contribution in [3.8, 4) is 0 Å². The highest BCUT2D eigenvalue weighted by molar-refractivity contribution is 5.64. The molecule has 5 heteroatoms. The molecule has 0 atom stereocenters. The molecule has 0 fully saturated rings. The molecule has 1 aliphatic rings. The van der Waals surface area contributed by atoms with Crippen molar-refractivity contribution in [2.75, 3.05) is 11.9 Å². The van der Waals surface area contributed by atoms with Crippen LogP contribution in [-0.2, 0) is 6.42 Å². The molecule has 5 nitrogen and oxygen atoms in total. The molecule has 1 aliphatic heterocycles. The van der Waals surface area contributed by atoms with Gasteiger partial charge in [0.15, 0.2) is 11.6 Å². The van der Waals surface area contributed by atoms with Crippen molar-refractivity contribution < 1.29 is 0 Å². The van der Waals surface area contributed by atoms with E-state index >= 15 is 0 Å². The minimum absolute atomic E-state index is 0.705. The molecule has 74 valence electrons. The van der Waals surface area contributed by atoms with Gasteiger partial charge in [-0.3, -0.25) is 9.97 Å². The lowest BCUT2D eigenvalue weighted by Gasteiger charge is -2.25. The van der Waals surface area contributed by atoms with E-state index in [0.717, 1.165) is 23.0 Å². The number of aromatic nitrogens is 4. The van der Waals surface area contributed by atoms with Crippen LogP contribution in [0.15, 0.2) is 24.8 Å². The van der Waals surface area contributed by atoms with Gasteiger partial charge in [-0.25, -0.2) is 9.97 Å². The molecule has 0 spiro atoms. The van der Waals surface area contributed by atoms with Gasteiger partial charge in [0.2, 0.25) is 0 Å². The quantitative estimate of drug-likeness (QED) is 0.632. The van der Waals surface area contributed by atoms with E-state index in [1.807, 2.05) is 11.9 Å². The van der Waals surface area contributed by atoms with Gasteiger partial charge in [-0.15, -0.1) is 0 Å². The van der Waals surface area contributed by atoms with Crippen molar-refractivity contribution >= 4 is 11.6 Å². The second-order valence-electron chi connectivity index (χ2n) is 3.39. The van der Waals surface area contributed by atoms with Crippen LogP contribution in [0.1, 0.15) is 11.4 Å². The summed E-state index contributed by atoms with van der Waals surface area (Å²) in [6, 6.07) is 0. The lowest BCUT2D eigenvalue weighted by molar-refractivity contribution is 0.885. The number of fused-ring (bicyclic) bond motifs is 2. The molecular weight excluding hydrogens is 190 g/mol. The standard InChI is InChI=1S/C10H9N5/c1-15-9-7(11-2-4-13-9)6-8-10(15)14-5-3-12-8/h2-5H,6H2,1H3. The first-order valence-corrected chi connectivity index (χ1v) is 4.70. The lowest BCUT2D eigenvalue weighted by Crippen LogP contribution is -2.22. The first-order chi connectivity index (χ1) is 7.36. The maximum absolute atomic E-state index is 4.30. The molecule has 0 aliphatic carbocycles. The molecule has 0 saturated carbocycles. The van der Waals surface area contributed by atoms with E-state index < -0.39 is 0 Å². The maximum Gasteiger partial charge on any atom is 0.156 e. The Hall–Kier alpha value is -2.04. The predicted octanol–water partition coefficient (Wildman–Crippen LogP) is 0.939. The predicted molar refractivity (Wildman–Crippen MR) is 54.9 cm³/mol. The monoisotopic (exact) mass is 199 g/mol. The van der Waals surface area contributed by atoms with Crippen LogP contribution >= 0.6 is 0 Å². The topological polar surface area (TPSA) is 54.8 Å². The molecule has 3 rings (SSSR count). The second-order valence-corrected chi connectivity index (χ2v) is 3.39. The van der Waals surface area contributed by atoms with Gasteiger partial charge in [0.1, 0.15) is 0 Å². The third-order valence-corrected chi connectivity index (χ3v) is 2.47. The van der Waals surface area contributed by atoms with Crippen LogP contribution in [0.5, 0.6) is 0 Å². The summed E-state index contributed by atoms with van der Waals surface area (Å²) in [6.07, 6.45) is 7.49. The molecule has 2 aromatic rings. The molecule has 0 bridgehead atoms. The third kappa shape index (κ3) is 1.16. The van der Waals surface area contributed by atoms with Crippen molar-refractivity contribution in [3.05, 3.63) is 36.2 Å². The van der Waals surface area contributed by atoms with E-state index in [1.165, 1.54) is 0 Å². The van der Waals surface area contributed by atoms with Gasteiger partial charge in [-0.1, -0.05) is 0 Å². The van der Waals surface area contributed by atoms with Gasteiger partial charge < -0.3 is 4.90 Å². The summed E-state index contributed by atoms with van der Waals surface area (Å²) >= 11 is 0. The summed E-state index contributed by atoms with van der Waals surface area (Å²) in [7, 11) is 1.93. The Morgan fingerprint density at radius 2 is 1.33 bits per heavy atom. The summed E-state index contributed by atoms with van der Waals surface area (Å²) in [6.45, 7) is 0.